The fourth-order valence-corrected chi connectivity index (χ4v) is 2.00. The number of hydrogen-bond acceptors (Lipinski definition) is 4. The first-order valence-electron chi connectivity index (χ1n) is 5.65. The van der Waals surface area contributed by atoms with Crippen molar-refractivity contribution in [1.82, 2.24) is 5.32 Å². The Hall–Kier alpha value is -1.63. The van der Waals surface area contributed by atoms with Gasteiger partial charge in [0, 0.05) is 5.02 Å². The molecule has 0 radical (unpaired) electrons. The highest BCUT2D eigenvalue weighted by Crippen LogP contribution is 2.27. The number of urea groups is 1. The molecular formula is C12H13ClN2O4. The molecule has 1 saturated heterocycles. The molecule has 0 spiro atoms. The predicted molar refractivity (Wildman–Crippen MR) is 68.9 cm³/mol. The topological polar surface area (TPSA) is 78.9 Å². The van der Waals surface area contributed by atoms with Crippen LogP contribution in [-0.4, -0.2) is 36.0 Å². The molecule has 102 valence electrons. The van der Waals surface area contributed by atoms with Crippen LogP contribution in [0.3, 0.4) is 0 Å². The van der Waals surface area contributed by atoms with Crippen molar-refractivity contribution in [3.63, 3.8) is 0 Å². The van der Waals surface area contributed by atoms with Gasteiger partial charge in [0.1, 0.15) is 0 Å². The molecule has 1 aromatic carbocycles. The molecule has 0 aromatic heterocycles. The van der Waals surface area contributed by atoms with Gasteiger partial charge in [-0.1, -0.05) is 17.7 Å². The smallest absolute Gasteiger partial charge is 0.331 e. The molecule has 7 heteroatoms. The summed E-state index contributed by atoms with van der Waals surface area (Å²) in [4.78, 5) is 25.1. The van der Waals surface area contributed by atoms with Crippen molar-refractivity contribution in [2.45, 2.75) is 12.6 Å². The Balaban J connectivity index is 2.28. The number of carbonyl (C=O) groups excluding carboxylic acids is 2. The minimum atomic E-state index is -1.47. The van der Waals surface area contributed by atoms with Gasteiger partial charge < -0.3 is 15.2 Å². The summed E-state index contributed by atoms with van der Waals surface area (Å²) in [6.07, 6.45) is 0. The van der Waals surface area contributed by atoms with Crippen LogP contribution in [0.15, 0.2) is 24.3 Å². The number of benzene rings is 1. The Morgan fingerprint density at radius 3 is 2.84 bits per heavy atom. The van der Waals surface area contributed by atoms with Gasteiger partial charge in [0.15, 0.2) is 0 Å². The normalized spacial score (nSPS) is 22.8. The standard InChI is InChI=1S/C12H13ClN2O4/c1-12(19-6-5-16)10(17)15(11(18)14-12)9-4-2-3-8(13)7-9/h2-4,7,16H,5-6H2,1H3,(H,14,18). The second-order valence-corrected chi connectivity index (χ2v) is 4.59. The zero-order chi connectivity index (χ0) is 14.0. The van der Waals surface area contributed by atoms with Gasteiger partial charge in [0.05, 0.1) is 18.9 Å². The van der Waals surface area contributed by atoms with E-state index in [0.29, 0.717) is 10.7 Å². The van der Waals surface area contributed by atoms with Crippen LogP contribution in [0, 0.1) is 0 Å². The SMILES string of the molecule is CC1(OCCO)NC(=O)N(c2cccc(Cl)c2)C1=O. The number of rotatable bonds is 4. The molecule has 0 aliphatic carbocycles. The number of aliphatic hydroxyl groups is 1. The number of ether oxygens (including phenoxy) is 1. The van der Waals surface area contributed by atoms with E-state index in [1.54, 1.807) is 18.2 Å². The second kappa shape index (κ2) is 5.16. The lowest BCUT2D eigenvalue weighted by Gasteiger charge is -2.21. The Bertz CT molecular complexity index is 522. The Kier molecular flexibility index (Phi) is 3.75. The van der Waals surface area contributed by atoms with E-state index in [1.807, 2.05) is 0 Å². The summed E-state index contributed by atoms with van der Waals surface area (Å²) in [5.41, 5.74) is -1.10. The first-order chi connectivity index (χ1) is 8.98. The highest BCUT2D eigenvalue weighted by molar-refractivity contribution is 6.31. The number of anilines is 1. The van der Waals surface area contributed by atoms with Crippen molar-refractivity contribution in [1.29, 1.82) is 0 Å². The molecule has 1 aromatic rings. The average molecular weight is 285 g/mol. The maximum Gasteiger partial charge on any atom is 0.331 e. The highest BCUT2D eigenvalue weighted by atomic mass is 35.5. The average Bonchev–Trinajstić information content (AvgIpc) is 2.58. The summed E-state index contributed by atoms with van der Waals surface area (Å²) in [5.74, 6) is -0.548. The quantitative estimate of drug-likeness (QED) is 0.812. The molecule has 0 saturated carbocycles. The lowest BCUT2D eigenvalue weighted by atomic mass is 10.2. The molecule has 1 aliphatic rings. The maximum atomic E-state index is 12.2. The van der Waals surface area contributed by atoms with E-state index < -0.39 is 17.7 Å². The molecule has 0 bridgehead atoms. The van der Waals surface area contributed by atoms with Crippen molar-refractivity contribution >= 4 is 29.2 Å². The number of aliphatic hydroxyl groups excluding tert-OH is 1. The molecular weight excluding hydrogens is 272 g/mol. The van der Waals surface area contributed by atoms with Crippen LogP contribution < -0.4 is 10.2 Å². The summed E-state index contributed by atoms with van der Waals surface area (Å²) < 4.78 is 5.20. The lowest BCUT2D eigenvalue weighted by molar-refractivity contribution is -0.141. The third kappa shape index (κ3) is 2.56. The molecule has 1 heterocycles. The Labute approximate surface area is 114 Å². The Morgan fingerprint density at radius 2 is 2.21 bits per heavy atom. The van der Waals surface area contributed by atoms with Gasteiger partial charge in [-0.3, -0.25) is 4.79 Å². The van der Waals surface area contributed by atoms with Gasteiger partial charge in [0.2, 0.25) is 5.72 Å². The maximum absolute atomic E-state index is 12.2. The van der Waals surface area contributed by atoms with E-state index in [4.69, 9.17) is 21.4 Å². The van der Waals surface area contributed by atoms with Gasteiger partial charge in [-0.2, -0.15) is 0 Å². The summed E-state index contributed by atoms with van der Waals surface area (Å²) in [6.45, 7) is 1.15. The molecule has 6 nitrogen and oxygen atoms in total. The van der Waals surface area contributed by atoms with E-state index >= 15 is 0 Å². The first-order valence-corrected chi connectivity index (χ1v) is 6.03. The molecule has 19 heavy (non-hydrogen) atoms. The fraction of sp³-hybridized carbons (Fsp3) is 0.333. The molecule has 1 atom stereocenters. The summed E-state index contributed by atoms with van der Waals surface area (Å²) in [5, 5.41) is 11.6. The molecule has 2 N–H and O–H groups in total. The van der Waals surface area contributed by atoms with Crippen LogP contribution in [0.2, 0.25) is 5.02 Å². The van der Waals surface area contributed by atoms with Crippen LogP contribution >= 0.6 is 11.6 Å². The molecule has 1 unspecified atom stereocenters. The highest BCUT2D eigenvalue weighted by Gasteiger charge is 2.49. The van der Waals surface area contributed by atoms with E-state index in [1.165, 1.54) is 13.0 Å². The van der Waals surface area contributed by atoms with Crippen molar-refractivity contribution < 1.29 is 19.4 Å². The van der Waals surface area contributed by atoms with E-state index in [9.17, 15) is 9.59 Å². The summed E-state index contributed by atoms with van der Waals surface area (Å²) in [6, 6.07) is 5.80. The van der Waals surface area contributed by atoms with Gasteiger partial charge in [-0.15, -0.1) is 0 Å². The van der Waals surface area contributed by atoms with Gasteiger partial charge in [-0.05, 0) is 25.1 Å². The van der Waals surface area contributed by atoms with E-state index in [-0.39, 0.29) is 13.2 Å². The minimum absolute atomic E-state index is 0.0497. The number of nitrogens with one attached hydrogen (secondary N) is 1. The zero-order valence-electron chi connectivity index (χ0n) is 10.2. The van der Waals surface area contributed by atoms with Crippen molar-refractivity contribution in [2.75, 3.05) is 18.1 Å². The van der Waals surface area contributed by atoms with Crippen LogP contribution in [0.1, 0.15) is 6.92 Å². The first kappa shape index (κ1) is 13.8. The lowest BCUT2D eigenvalue weighted by Crippen LogP contribution is -2.47. The van der Waals surface area contributed by atoms with Crippen LogP contribution in [0.4, 0.5) is 10.5 Å². The van der Waals surface area contributed by atoms with Crippen LogP contribution in [-0.2, 0) is 9.53 Å². The third-order valence-corrected chi connectivity index (χ3v) is 2.94. The predicted octanol–water partition coefficient (Wildman–Crippen LogP) is 1.12. The zero-order valence-corrected chi connectivity index (χ0v) is 11.0. The summed E-state index contributed by atoms with van der Waals surface area (Å²) in [7, 11) is 0. The number of carbonyl (C=O) groups is 2. The minimum Gasteiger partial charge on any atom is -0.394 e. The second-order valence-electron chi connectivity index (χ2n) is 4.16. The van der Waals surface area contributed by atoms with E-state index in [0.717, 1.165) is 4.90 Å². The van der Waals surface area contributed by atoms with Crippen molar-refractivity contribution in [3.8, 4) is 0 Å². The molecule has 2 rings (SSSR count). The van der Waals surface area contributed by atoms with Gasteiger partial charge in [-0.25, -0.2) is 9.69 Å². The third-order valence-electron chi connectivity index (χ3n) is 2.71. The number of nitrogens with zero attached hydrogens (tertiary/aromatic N) is 1. The Morgan fingerprint density at radius 1 is 1.47 bits per heavy atom. The molecule has 1 aliphatic heterocycles. The fourth-order valence-electron chi connectivity index (χ4n) is 1.82. The molecule has 1 fully saturated rings. The molecule has 3 amide bonds. The van der Waals surface area contributed by atoms with Crippen LogP contribution in [0.25, 0.3) is 0 Å². The largest absolute Gasteiger partial charge is 0.394 e. The number of imide groups is 1. The van der Waals surface area contributed by atoms with Crippen molar-refractivity contribution in [3.05, 3.63) is 29.3 Å². The van der Waals surface area contributed by atoms with Crippen molar-refractivity contribution in [2.24, 2.45) is 0 Å². The number of halogens is 1. The monoisotopic (exact) mass is 284 g/mol. The number of amides is 3. The van der Waals surface area contributed by atoms with Gasteiger partial charge in [0.25, 0.3) is 5.91 Å². The summed E-state index contributed by atoms with van der Waals surface area (Å²) >= 11 is 5.84. The van der Waals surface area contributed by atoms with Gasteiger partial charge >= 0.3 is 6.03 Å². The number of hydrogen-bond donors (Lipinski definition) is 2. The van der Waals surface area contributed by atoms with E-state index in [2.05, 4.69) is 5.32 Å². The van der Waals surface area contributed by atoms with Crippen LogP contribution in [0.5, 0.6) is 0 Å².